The van der Waals surface area contributed by atoms with E-state index < -0.39 is 66.6 Å². The van der Waals surface area contributed by atoms with Gasteiger partial charge in [0, 0.05) is 23.8 Å². The second-order valence-corrected chi connectivity index (χ2v) is 15.4. The maximum absolute atomic E-state index is 12.6. The maximum atomic E-state index is 12.6. The van der Waals surface area contributed by atoms with E-state index in [0.717, 1.165) is 43.3 Å². The molecule has 4 fully saturated rings. The molecular formula is C34H52O10. The molecule has 0 radical (unpaired) electrons. The minimum Gasteiger partial charge on any atom is -0.456 e. The van der Waals surface area contributed by atoms with Crippen molar-refractivity contribution in [3.63, 3.8) is 0 Å². The Morgan fingerprint density at radius 3 is 2.43 bits per heavy atom. The molecule has 0 bridgehead atoms. The van der Waals surface area contributed by atoms with Gasteiger partial charge in [-0.1, -0.05) is 31.1 Å². The van der Waals surface area contributed by atoms with Gasteiger partial charge in [0.2, 0.25) is 0 Å². The van der Waals surface area contributed by atoms with Crippen LogP contribution in [0.2, 0.25) is 0 Å². The van der Waals surface area contributed by atoms with E-state index in [9.17, 15) is 35.4 Å². The molecule has 6 rings (SSSR count). The molecule has 0 aromatic heterocycles. The van der Waals surface area contributed by atoms with Crippen LogP contribution in [0.4, 0.5) is 0 Å². The molecule has 0 amide bonds. The van der Waals surface area contributed by atoms with Crippen molar-refractivity contribution >= 4 is 5.97 Å². The Hall–Kier alpha value is -1.37. The predicted molar refractivity (Wildman–Crippen MR) is 159 cm³/mol. The summed E-state index contributed by atoms with van der Waals surface area (Å²) in [4.78, 5) is 12.6. The SMILES string of the molecule is CC1=C(C)C(=O)OC(C(C)(O)C2CCC3C4CC=C5CC(OC6OC(CO)C(O)C(O)C6O)CC(O)C5(C)C4CCC32C)C1. The quantitative estimate of drug-likeness (QED) is 0.198. The molecule has 3 saturated carbocycles. The summed E-state index contributed by atoms with van der Waals surface area (Å²) < 4.78 is 17.5. The third-order valence-corrected chi connectivity index (χ3v) is 13.4. The molecule has 2 aliphatic heterocycles. The monoisotopic (exact) mass is 620 g/mol. The highest BCUT2D eigenvalue weighted by molar-refractivity contribution is 5.89. The summed E-state index contributed by atoms with van der Waals surface area (Å²) in [5.74, 6) is 0.669. The smallest absolute Gasteiger partial charge is 0.334 e. The summed E-state index contributed by atoms with van der Waals surface area (Å²) >= 11 is 0. The molecule has 15 unspecified atom stereocenters. The van der Waals surface area contributed by atoms with Crippen molar-refractivity contribution in [2.75, 3.05) is 6.61 Å². The van der Waals surface area contributed by atoms with Gasteiger partial charge in [0.1, 0.15) is 36.1 Å². The van der Waals surface area contributed by atoms with Gasteiger partial charge in [-0.05, 0) is 88.4 Å². The number of hydrogen-bond acceptors (Lipinski definition) is 10. The summed E-state index contributed by atoms with van der Waals surface area (Å²) in [5.41, 5.74) is 1.07. The molecular weight excluding hydrogens is 568 g/mol. The fraction of sp³-hybridized carbons (Fsp3) is 0.853. The van der Waals surface area contributed by atoms with Gasteiger partial charge < -0.3 is 44.8 Å². The van der Waals surface area contributed by atoms with Crippen molar-refractivity contribution in [1.29, 1.82) is 0 Å². The Bertz CT molecular complexity index is 1190. The molecule has 6 N–H and O–H groups in total. The fourth-order valence-corrected chi connectivity index (χ4v) is 10.5. The van der Waals surface area contributed by atoms with Crippen LogP contribution in [0.15, 0.2) is 22.8 Å². The molecule has 4 aliphatic carbocycles. The molecule has 15 atom stereocenters. The Labute approximate surface area is 260 Å². The zero-order valence-electron chi connectivity index (χ0n) is 26.7. The van der Waals surface area contributed by atoms with E-state index in [1.54, 1.807) is 6.92 Å². The molecule has 0 spiro atoms. The van der Waals surface area contributed by atoms with Crippen LogP contribution in [0, 0.1) is 34.5 Å². The number of allylic oxidation sites excluding steroid dienone is 1. The lowest BCUT2D eigenvalue weighted by Gasteiger charge is -2.60. The summed E-state index contributed by atoms with van der Waals surface area (Å²) in [6, 6.07) is 0. The molecule has 0 aromatic carbocycles. The highest BCUT2D eigenvalue weighted by Crippen LogP contribution is 2.68. The van der Waals surface area contributed by atoms with Gasteiger partial charge >= 0.3 is 5.97 Å². The van der Waals surface area contributed by atoms with Gasteiger partial charge in [-0.3, -0.25) is 0 Å². The zero-order chi connectivity index (χ0) is 31.9. The lowest BCUT2D eigenvalue weighted by Crippen LogP contribution is -2.61. The number of aliphatic hydroxyl groups is 6. The first-order valence-electron chi connectivity index (χ1n) is 16.6. The Morgan fingerprint density at radius 1 is 1.02 bits per heavy atom. The normalized spacial score (nSPS) is 50.6. The third kappa shape index (κ3) is 4.86. The van der Waals surface area contributed by atoms with E-state index in [4.69, 9.17) is 14.2 Å². The van der Waals surface area contributed by atoms with E-state index in [-0.39, 0.29) is 23.2 Å². The number of ether oxygens (including phenoxy) is 3. The van der Waals surface area contributed by atoms with Crippen molar-refractivity contribution in [2.45, 2.75) is 141 Å². The third-order valence-electron chi connectivity index (χ3n) is 13.4. The number of rotatable bonds is 5. The number of carbonyl (C=O) groups is 1. The lowest BCUT2D eigenvalue weighted by atomic mass is 9.46. The minimum atomic E-state index is -1.51. The number of cyclic esters (lactones) is 1. The first kappa shape index (κ1) is 32.6. The van der Waals surface area contributed by atoms with Crippen LogP contribution >= 0.6 is 0 Å². The zero-order valence-corrected chi connectivity index (χ0v) is 26.7. The van der Waals surface area contributed by atoms with Gasteiger partial charge in [0.05, 0.1) is 18.8 Å². The van der Waals surface area contributed by atoms with Crippen LogP contribution in [-0.4, -0.2) is 97.8 Å². The summed E-state index contributed by atoms with van der Waals surface area (Å²) in [6.45, 7) is 9.57. The van der Waals surface area contributed by atoms with Crippen LogP contribution in [-0.2, 0) is 19.0 Å². The summed E-state index contributed by atoms with van der Waals surface area (Å²) in [5, 5.41) is 64.2. The standard InChI is InChI=1S/C34H52O10/c1-16-12-26(44-30(40)17(16)2)34(5,41)24-9-8-21-20-7-6-18-13-19(42-31-29(39)28(38)27(37)23(15-35)43-31)14-25(36)33(18,4)22(20)10-11-32(21,24)3/h6,19-29,31,35-39,41H,7-15H2,1-5H3. The maximum Gasteiger partial charge on any atom is 0.334 e. The minimum absolute atomic E-state index is 0.00395. The topological polar surface area (TPSA) is 166 Å². The van der Waals surface area contributed by atoms with E-state index in [1.165, 1.54) is 0 Å². The first-order valence-corrected chi connectivity index (χ1v) is 16.6. The number of esters is 1. The second-order valence-electron chi connectivity index (χ2n) is 15.4. The van der Waals surface area contributed by atoms with E-state index >= 15 is 0 Å². The lowest BCUT2D eigenvalue weighted by molar-refractivity contribution is -0.315. The van der Waals surface area contributed by atoms with Gasteiger partial charge in [0.25, 0.3) is 0 Å². The second kappa shape index (κ2) is 11.4. The van der Waals surface area contributed by atoms with Crippen molar-refractivity contribution in [2.24, 2.45) is 34.5 Å². The van der Waals surface area contributed by atoms with E-state index in [2.05, 4.69) is 19.9 Å². The average molecular weight is 621 g/mol. The van der Waals surface area contributed by atoms with Crippen molar-refractivity contribution in [1.82, 2.24) is 0 Å². The highest BCUT2D eigenvalue weighted by Gasteiger charge is 2.64. The molecule has 1 saturated heterocycles. The molecule has 10 heteroatoms. The summed E-state index contributed by atoms with van der Waals surface area (Å²) in [7, 11) is 0. The fourth-order valence-electron chi connectivity index (χ4n) is 10.5. The van der Waals surface area contributed by atoms with Crippen LogP contribution in [0.3, 0.4) is 0 Å². The van der Waals surface area contributed by atoms with Crippen LogP contribution in [0.5, 0.6) is 0 Å². The van der Waals surface area contributed by atoms with Crippen molar-refractivity contribution < 1.29 is 49.6 Å². The van der Waals surface area contributed by atoms with Crippen LogP contribution in [0.1, 0.15) is 86.0 Å². The Kier molecular flexibility index (Phi) is 8.44. The largest absolute Gasteiger partial charge is 0.456 e. The van der Waals surface area contributed by atoms with E-state index in [1.807, 2.05) is 13.8 Å². The molecule has 6 aliphatic rings. The van der Waals surface area contributed by atoms with Gasteiger partial charge in [0.15, 0.2) is 6.29 Å². The number of hydrogen-bond donors (Lipinski definition) is 6. The average Bonchev–Trinajstić information content (AvgIpc) is 3.34. The number of aliphatic hydroxyl groups excluding tert-OH is 5. The van der Waals surface area contributed by atoms with Crippen molar-refractivity contribution in [3.05, 3.63) is 22.8 Å². The molecule has 248 valence electrons. The molecule has 44 heavy (non-hydrogen) atoms. The number of fused-ring (bicyclic) bond motifs is 5. The highest BCUT2D eigenvalue weighted by atomic mass is 16.7. The van der Waals surface area contributed by atoms with Gasteiger partial charge in [-0.2, -0.15) is 0 Å². The van der Waals surface area contributed by atoms with Crippen LogP contribution in [0.25, 0.3) is 0 Å². The Morgan fingerprint density at radius 2 is 1.75 bits per heavy atom. The summed E-state index contributed by atoms with van der Waals surface area (Å²) in [6.07, 6.45) is -0.110. The predicted octanol–water partition coefficient (Wildman–Crippen LogP) is 2.12. The van der Waals surface area contributed by atoms with Gasteiger partial charge in [-0.15, -0.1) is 0 Å². The Balaban J connectivity index is 1.19. The van der Waals surface area contributed by atoms with Crippen LogP contribution < -0.4 is 0 Å². The van der Waals surface area contributed by atoms with E-state index in [0.29, 0.717) is 36.7 Å². The first-order chi connectivity index (χ1) is 20.6. The van der Waals surface area contributed by atoms with Gasteiger partial charge in [-0.25, -0.2) is 4.79 Å². The molecule has 2 heterocycles. The molecule has 10 nitrogen and oxygen atoms in total. The van der Waals surface area contributed by atoms with Crippen molar-refractivity contribution in [3.8, 4) is 0 Å². The molecule has 0 aromatic rings. The number of carbonyl (C=O) groups excluding carboxylic acids is 1.